The molecule has 3 heterocycles. The first-order valence-electron chi connectivity index (χ1n) is 12.1. The van der Waals surface area contributed by atoms with Crippen LogP contribution in [0, 0.1) is 0 Å². The van der Waals surface area contributed by atoms with Gasteiger partial charge in [0.2, 0.25) is 5.91 Å². The standard InChI is InChI=1S/C22H38N4O10/c1-13(27)24-16-14(28)9-22(19(31)34-2,36-18(16)17(30)15(29)10-23)4-6-26-7-8-35-12-21(26)3-5-25(11-21)20(32)33/h14-18,28-30H,3-12,23H2,1-2H3,(H,24,27)(H,32,33)/t14?,15-,16?,17-,18?,21+,22?/m1/s1. The van der Waals surface area contributed by atoms with Gasteiger partial charge in [-0.05, 0) is 6.42 Å². The maximum absolute atomic E-state index is 13.1. The molecule has 36 heavy (non-hydrogen) atoms. The van der Waals surface area contributed by atoms with Crippen LogP contribution >= 0.6 is 0 Å². The van der Waals surface area contributed by atoms with Crippen molar-refractivity contribution >= 4 is 18.0 Å². The third kappa shape index (κ3) is 5.74. The zero-order valence-corrected chi connectivity index (χ0v) is 20.7. The SMILES string of the molecule is COC(=O)C1(CCN2CCOC[C@@]23CCN(C(=O)O)C3)CC(O)C(NC(C)=O)C([C@H](O)[C@H](O)CN)O1. The second-order valence-corrected chi connectivity index (χ2v) is 9.83. The lowest BCUT2D eigenvalue weighted by Gasteiger charge is -2.49. The molecule has 3 aliphatic heterocycles. The fraction of sp³-hybridized carbons (Fsp3) is 0.864. The Kier molecular flexibility index (Phi) is 9.14. The molecule has 7 atom stereocenters. The zero-order chi connectivity index (χ0) is 26.7. The summed E-state index contributed by atoms with van der Waals surface area (Å²) < 4.78 is 16.8. The Hall–Kier alpha value is -2.07. The van der Waals surface area contributed by atoms with Crippen LogP contribution in [-0.4, -0.2) is 143 Å². The van der Waals surface area contributed by atoms with Crippen molar-refractivity contribution in [2.45, 2.75) is 67.8 Å². The maximum atomic E-state index is 13.1. The molecule has 4 unspecified atom stereocenters. The third-order valence-corrected chi connectivity index (χ3v) is 7.50. The van der Waals surface area contributed by atoms with E-state index in [0.717, 1.165) is 0 Å². The molecule has 0 radical (unpaired) electrons. The number of aliphatic hydroxyl groups excluding tert-OH is 3. The van der Waals surface area contributed by atoms with Crippen LogP contribution in [0.15, 0.2) is 0 Å². The summed E-state index contributed by atoms with van der Waals surface area (Å²) >= 11 is 0. The van der Waals surface area contributed by atoms with E-state index >= 15 is 0 Å². The lowest BCUT2D eigenvalue weighted by Crippen LogP contribution is -2.68. The van der Waals surface area contributed by atoms with Crippen molar-refractivity contribution in [3.05, 3.63) is 0 Å². The van der Waals surface area contributed by atoms with Gasteiger partial charge in [0.05, 0.1) is 44.1 Å². The molecular formula is C22H38N4O10. The van der Waals surface area contributed by atoms with Crippen molar-refractivity contribution in [2.75, 3.05) is 53.0 Å². The monoisotopic (exact) mass is 518 g/mol. The molecule has 0 aromatic rings. The molecule has 1 spiro atoms. The first-order valence-corrected chi connectivity index (χ1v) is 12.1. The molecule has 0 aromatic carbocycles. The number of nitrogens with zero attached hydrogens (tertiary/aromatic N) is 2. The Bertz CT molecular complexity index is 818. The van der Waals surface area contributed by atoms with E-state index in [1.807, 2.05) is 0 Å². The molecule has 3 fully saturated rings. The topological polar surface area (TPSA) is 204 Å². The number of aliphatic hydroxyl groups is 3. The van der Waals surface area contributed by atoms with Crippen LogP contribution < -0.4 is 11.1 Å². The average Bonchev–Trinajstić information content (AvgIpc) is 3.28. The summed E-state index contributed by atoms with van der Waals surface area (Å²) in [5.74, 6) is -1.27. The summed E-state index contributed by atoms with van der Waals surface area (Å²) in [7, 11) is 1.18. The minimum Gasteiger partial charge on any atom is -0.467 e. The van der Waals surface area contributed by atoms with Gasteiger partial charge in [0, 0.05) is 52.5 Å². The maximum Gasteiger partial charge on any atom is 0.407 e. The zero-order valence-electron chi connectivity index (χ0n) is 20.7. The number of nitrogens with two attached hydrogens (primary N) is 1. The number of carbonyl (C=O) groups is 3. The number of morpholine rings is 1. The number of hydrogen-bond donors (Lipinski definition) is 6. The largest absolute Gasteiger partial charge is 0.467 e. The van der Waals surface area contributed by atoms with Gasteiger partial charge in [-0.3, -0.25) is 9.69 Å². The summed E-state index contributed by atoms with van der Waals surface area (Å²) in [6, 6.07) is -1.11. The van der Waals surface area contributed by atoms with E-state index in [9.17, 15) is 34.8 Å². The van der Waals surface area contributed by atoms with E-state index < -0.39 is 59.6 Å². The lowest BCUT2D eigenvalue weighted by molar-refractivity contribution is -0.232. The van der Waals surface area contributed by atoms with Crippen LogP contribution in [0.25, 0.3) is 0 Å². The highest BCUT2D eigenvalue weighted by Gasteiger charge is 2.56. The van der Waals surface area contributed by atoms with Gasteiger partial charge in [0.25, 0.3) is 0 Å². The van der Waals surface area contributed by atoms with Gasteiger partial charge in [0.15, 0.2) is 5.60 Å². The van der Waals surface area contributed by atoms with Gasteiger partial charge >= 0.3 is 12.1 Å². The summed E-state index contributed by atoms with van der Waals surface area (Å²) in [5, 5.41) is 43.9. The van der Waals surface area contributed by atoms with Crippen molar-refractivity contribution in [1.82, 2.24) is 15.1 Å². The van der Waals surface area contributed by atoms with Gasteiger partial charge in [-0.1, -0.05) is 0 Å². The molecular weight excluding hydrogens is 480 g/mol. The highest BCUT2D eigenvalue weighted by atomic mass is 16.6. The molecule has 206 valence electrons. The number of amides is 2. The van der Waals surface area contributed by atoms with Crippen molar-refractivity contribution in [1.29, 1.82) is 0 Å². The van der Waals surface area contributed by atoms with E-state index in [2.05, 4.69) is 10.2 Å². The average molecular weight is 519 g/mol. The number of carbonyl (C=O) groups excluding carboxylic acids is 2. The molecule has 0 bridgehead atoms. The number of likely N-dealkylation sites (tertiary alicyclic amines) is 1. The van der Waals surface area contributed by atoms with E-state index in [1.54, 1.807) is 0 Å². The molecule has 0 saturated carbocycles. The van der Waals surface area contributed by atoms with Crippen LogP contribution in [0.4, 0.5) is 4.79 Å². The Morgan fingerprint density at radius 2 is 2.00 bits per heavy atom. The fourth-order valence-electron chi connectivity index (χ4n) is 5.53. The van der Waals surface area contributed by atoms with Crippen LogP contribution in [0.2, 0.25) is 0 Å². The van der Waals surface area contributed by atoms with E-state index in [4.69, 9.17) is 19.9 Å². The Labute approximate surface area is 209 Å². The minimum absolute atomic E-state index is 0.0420. The Morgan fingerprint density at radius 3 is 2.58 bits per heavy atom. The number of hydrogen-bond acceptors (Lipinski definition) is 11. The van der Waals surface area contributed by atoms with Gasteiger partial charge < -0.3 is 50.6 Å². The molecule has 3 aliphatic rings. The van der Waals surface area contributed by atoms with E-state index in [-0.39, 0.29) is 32.5 Å². The Balaban J connectivity index is 1.86. The molecule has 7 N–H and O–H groups in total. The van der Waals surface area contributed by atoms with Crippen molar-refractivity contribution in [3.8, 4) is 0 Å². The normalized spacial score (nSPS) is 34.8. The van der Waals surface area contributed by atoms with Gasteiger partial charge in [-0.25, -0.2) is 9.59 Å². The number of methoxy groups -OCH3 is 1. The van der Waals surface area contributed by atoms with E-state index in [0.29, 0.717) is 32.7 Å². The summed E-state index contributed by atoms with van der Waals surface area (Å²) in [4.78, 5) is 39.7. The predicted octanol–water partition coefficient (Wildman–Crippen LogP) is -2.92. The quantitative estimate of drug-likeness (QED) is 0.179. The lowest BCUT2D eigenvalue weighted by atomic mass is 9.81. The first-order chi connectivity index (χ1) is 17.0. The molecule has 0 aliphatic carbocycles. The molecule has 0 aromatic heterocycles. The molecule has 14 heteroatoms. The number of esters is 1. The molecule has 14 nitrogen and oxygen atoms in total. The minimum atomic E-state index is -1.70. The van der Waals surface area contributed by atoms with Crippen LogP contribution in [0.5, 0.6) is 0 Å². The van der Waals surface area contributed by atoms with Crippen LogP contribution in [0.1, 0.15) is 26.2 Å². The van der Waals surface area contributed by atoms with Gasteiger partial charge in [-0.2, -0.15) is 0 Å². The second-order valence-electron chi connectivity index (χ2n) is 9.83. The fourth-order valence-corrected chi connectivity index (χ4v) is 5.53. The number of rotatable bonds is 8. The molecule has 3 saturated heterocycles. The summed E-state index contributed by atoms with van der Waals surface area (Å²) in [5.41, 5.74) is 3.24. The first kappa shape index (κ1) is 28.5. The predicted molar refractivity (Wildman–Crippen MR) is 123 cm³/mol. The third-order valence-electron chi connectivity index (χ3n) is 7.50. The summed E-state index contributed by atoms with van der Waals surface area (Å²) in [6.07, 6.45) is -6.36. The van der Waals surface area contributed by atoms with Gasteiger partial charge in [0.1, 0.15) is 12.2 Å². The van der Waals surface area contributed by atoms with Crippen molar-refractivity contribution in [3.63, 3.8) is 0 Å². The number of nitrogens with one attached hydrogen (secondary N) is 1. The number of carboxylic acid groups (broad SMARTS) is 1. The van der Waals surface area contributed by atoms with Crippen molar-refractivity contribution in [2.24, 2.45) is 5.73 Å². The number of ether oxygens (including phenoxy) is 3. The second kappa shape index (κ2) is 11.5. The van der Waals surface area contributed by atoms with Crippen LogP contribution in [-0.2, 0) is 23.8 Å². The van der Waals surface area contributed by atoms with Crippen LogP contribution in [0.3, 0.4) is 0 Å². The molecule has 3 rings (SSSR count). The molecule has 2 amide bonds. The van der Waals surface area contributed by atoms with Gasteiger partial charge in [-0.15, -0.1) is 0 Å². The van der Waals surface area contributed by atoms with E-state index in [1.165, 1.54) is 18.9 Å². The Morgan fingerprint density at radius 1 is 1.28 bits per heavy atom. The smallest absolute Gasteiger partial charge is 0.407 e. The summed E-state index contributed by atoms with van der Waals surface area (Å²) in [6.45, 7) is 3.08. The highest BCUT2D eigenvalue weighted by molar-refractivity contribution is 5.80. The van der Waals surface area contributed by atoms with Crippen molar-refractivity contribution < 1.29 is 49.0 Å². The highest BCUT2D eigenvalue weighted by Crippen LogP contribution is 2.38.